The van der Waals surface area contributed by atoms with Crippen LogP contribution in [-0.2, 0) is 6.42 Å². The number of fused-ring (bicyclic) bond motifs is 1. The first-order valence-corrected chi connectivity index (χ1v) is 5.10. The van der Waals surface area contributed by atoms with Gasteiger partial charge in [0, 0.05) is 24.8 Å². The molecule has 0 unspecified atom stereocenters. The summed E-state index contributed by atoms with van der Waals surface area (Å²) in [4.78, 5) is 12.9. The van der Waals surface area contributed by atoms with Gasteiger partial charge in [0.05, 0.1) is 0 Å². The summed E-state index contributed by atoms with van der Waals surface area (Å²) < 4.78 is 0. The maximum atomic E-state index is 10.6. The van der Waals surface area contributed by atoms with E-state index in [-0.39, 0.29) is 0 Å². The molecular formula is C12H15NO. The van der Waals surface area contributed by atoms with Gasteiger partial charge in [-0.3, -0.25) is 4.79 Å². The number of nitrogens with zero attached hydrogens (tertiary/aromatic N) is 1. The van der Waals surface area contributed by atoms with E-state index in [9.17, 15) is 4.79 Å². The maximum Gasteiger partial charge on any atom is 0.150 e. The van der Waals surface area contributed by atoms with Crippen molar-refractivity contribution < 1.29 is 4.79 Å². The molecule has 0 bridgehead atoms. The number of carbonyl (C=O) groups excluding carboxylic acids is 1. The molecule has 1 aliphatic rings. The lowest BCUT2D eigenvalue weighted by Crippen LogP contribution is -2.17. The minimum absolute atomic E-state index is 0.791. The summed E-state index contributed by atoms with van der Waals surface area (Å²) in [5.41, 5.74) is 3.39. The van der Waals surface area contributed by atoms with Gasteiger partial charge in [-0.25, -0.2) is 0 Å². The summed E-state index contributed by atoms with van der Waals surface area (Å²) in [7, 11) is 2.12. The van der Waals surface area contributed by atoms with E-state index in [1.54, 1.807) is 0 Å². The van der Waals surface area contributed by atoms with Crippen molar-refractivity contribution in [3.05, 3.63) is 29.3 Å². The summed E-state index contributed by atoms with van der Waals surface area (Å²) in [5, 5.41) is 0. The first kappa shape index (κ1) is 9.25. The van der Waals surface area contributed by atoms with Crippen molar-refractivity contribution in [1.82, 2.24) is 0 Å². The van der Waals surface area contributed by atoms with E-state index in [2.05, 4.69) is 18.0 Å². The SMILES string of the molecule is CN1CCCCc2cc(C=O)ccc21. The molecule has 0 N–H and O–H groups in total. The molecule has 1 heterocycles. The quantitative estimate of drug-likeness (QED) is 0.632. The van der Waals surface area contributed by atoms with E-state index in [0.717, 1.165) is 24.8 Å². The van der Waals surface area contributed by atoms with Gasteiger partial charge in [0.1, 0.15) is 6.29 Å². The van der Waals surface area contributed by atoms with Crippen LogP contribution in [-0.4, -0.2) is 19.9 Å². The summed E-state index contributed by atoms with van der Waals surface area (Å²) in [6, 6.07) is 5.97. The molecule has 0 fully saturated rings. The van der Waals surface area contributed by atoms with Gasteiger partial charge in [0.25, 0.3) is 0 Å². The molecule has 0 aromatic heterocycles. The van der Waals surface area contributed by atoms with Crippen molar-refractivity contribution in [2.75, 3.05) is 18.5 Å². The zero-order valence-corrected chi connectivity index (χ0v) is 8.49. The standard InChI is InChI=1S/C12H15NO/c1-13-7-3-2-4-11-8-10(9-14)5-6-12(11)13/h5-6,8-9H,2-4,7H2,1H3. The third kappa shape index (κ3) is 1.65. The molecule has 0 spiro atoms. The Morgan fingerprint density at radius 1 is 1.36 bits per heavy atom. The second-order valence-corrected chi connectivity index (χ2v) is 3.88. The topological polar surface area (TPSA) is 20.3 Å². The Morgan fingerprint density at radius 2 is 2.21 bits per heavy atom. The summed E-state index contributed by atoms with van der Waals surface area (Å²) in [6.07, 6.45) is 4.48. The largest absolute Gasteiger partial charge is 0.374 e. The number of aldehydes is 1. The lowest BCUT2D eigenvalue weighted by atomic mass is 10.0. The molecule has 2 nitrogen and oxygen atoms in total. The van der Waals surface area contributed by atoms with E-state index in [4.69, 9.17) is 0 Å². The minimum atomic E-state index is 0.791. The Morgan fingerprint density at radius 3 is 3.00 bits per heavy atom. The van der Waals surface area contributed by atoms with E-state index >= 15 is 0 Å². The molecule has 0 saturated heterocycles. The lowest BCUT2D eigenvalue weighted by Gasteiger charge is -2.19. The van der Waals surface area contributed by atoms with Crippen LogP contribution in [0.25, 0.3) is 0 Å². The van der Waals surface area contributed by atoms with Crippen molar-refractivity contribution in [2.24, 2.45) is 0 Å². The van der Waals surface area contributed by atoms with E-state index in [1.165, 1.54) is 24.1 Å². The smallest absolute Gasteiger partial charge is 0.150 e. The molecule has 1 aromatic rings. The number of carbonyl (C=O) groups is 1. The van der Waals surface area contributed by atoms with E-state index in [1.807, 2.05) is 12.1 Å². The average Bonchev–Trinajstić information content (AvgIpc) is 2.40. The van der Waals surface area contributed by atoms with Crippen molar-refractivity contribution in [1.29, 1.82) is 0 Å². The summed E-state index contributed by atoms with van der Waals surface area (Å²) in [5.74, 6) is 0. The van der Waals surface area contributed by atoms with Crippen LogP contribution in [0.15, 0.2) is 18.2 Å². The Kier molecular flexibility index (Phi) is 2.53. The van der Waals surface area contributed by atoms with Gasteiger partial charge >= 0.3 is 0 Å². The second-order valence-electron chi connectivity index (χ2n) is 3.88. The van der Waals surface area contributed by atoms with Gasteiger partial charge in [-0.1, -0.05) is 0 Å². The molecule has 14 heavy (non-hydrogen) atoms. The highest BCUT2D eigenvalue weighted by molar-refractivity contribution is 5.77. The van der Waals surface area contributed by atoms with Crippen LogP contribution in [0.3, 0.4) is 0 Å². The zero-order chi connectivity index (χ0) is 9.97. The van der Waals surface area contributed by atoms with E-state index < -0.39 is 0 Å². The number of rotatable bonds is 1. The molecule has 2 rings (SSSR count). The second kappa shape index (κ2) is 3.82. The fourth-order valence-corrected chi connectivity index (χ4v) is 2.04. The van der Waals surface area contributed by atoms with Crippen LogP contribution in [0.5, 0.6) is 0 Å². The monoisotopic (exact) mass is 189 g/mol. The first-order chi connectivity index (χ1) is 6.81. The Bertz CT molecular complexity index is 346. The van der Waals surface area contributed by atoms with Gasteiger partial charge in [0.2, 0.25) is 0 Å². The number of benzene rings is 1. The van der Waals surface area contributed by atoms with Crippen LogP contribution in [0.2, 0.25) is 0 Å². The average molecular weight is 189 g/mol. The molecule has 1 aliphatic heterocycles. The van der Waals surface area contributed by atoms with Crippen molar-refractivity contribution in [3.8, 4) is 0 Å². The molecule has 0 saturated carbocycles. The van der Waals surface area contributed by atoms with E-state index in [0.29, 0.717) is 0 Å². The summed E-state index contributed by atoms with van der Waals surface area (Å²) in [6.45, 7) is 1.12. The van der Waals surface area contributed by atoms with Gasteiger partial charge in [-0.15, -0.1) is 0 Å². The normalized spacial score (nSPS) is 15.9. The highest BCUT2D eigenvalue weighted by Gasteiger charge is 2.11. The number of aryl methyl sites for hydroxylation is 1. The molecule has 1 aromatic carbocycles. The van der Waals surface area contributed by atoms with Crippen LogP contribution in [0.4, 0.5) is 5.69 Å². The van der Waals surface area contributed by atoms with Crippen molar-refractivity contribution in [3.63, 3.8) is 0 Å². The number of hydrogen-bond acceptors (Lipinski definition) is 2. The maximum absolute atomic E-state index is 10.6. The Balaban J connectivity index is 2.42. The predicted octanol–water partition coefficient (Wildman–Crippen LogP) is 2.27. The van der Waals surface area contributed by atoms with Crippen LogP contribution in [0.1, 0.15) is 28.8 Å². The minimum Gasteiger partial charge on any atom is -0.374 e. The number of anilines is 1. The molecule has 0 aliphatic carbocycles. The highest BCUT2D eigenvalue weighted by atomic mass is 16.1. The van der Waals surface area contributed by atoms with Gasteiger partial charge in [-0.2, -0.15) is 0 Å². The highest BCUT2D eigenvalue weighted by Crippen LogP contribution is 2.25. The zero-order valence-electron chi connectivity index (χ0n) is 8.49. The first-order valence-electron chi connectivity index (χ1n) is 5.10. The third-order valence-electron chi connectivity index (χ3n) is 2.84. The fraction of sp³-hybridized carbons (Fsp3) is 0.417. The molecule has 2 heteroatoms. The molecule has 0 atom stereocenters. The number of hydrogen-bond donors (Lipinski definition) is 0. The fourth-order valence-electron chi connectivity index (χ4n) is 2.04. The molecule has 74 valence electrons. The molecule has 0 radical (unpaired) electrons. The third-order valence-corrected chi connectivity index (χ3v) is 2.84. The van der Waals surface area contributed by atoms with Gasteiger partial charge < -0.3 is 4.90 Å². The summed E-state index contributed by atoms with van der Waals surface area (Å²) >= 11 is 0. The van der Waals surface area contributed by atoms with Crippen LogP contribution in [0, 0.1) is 0 Å². The molecule has 0 amide bonds. The predicted molar refractivity (Wildman–Crippen MR) is 58.0 cm³/mol. The lowest BCUT2D eigenvalue weighted by molar-refractivity contribution is 0.112. The van der Waals surface area contributed by atoms with Crippen molar-refractivity contribution >= 4 is 12.0 Å². The van der Waals surface area contributed by atoms with Crippen molar-refractivity contribution in [2.45, 2.75) is 19.3 Å². The van der Waals surface area contributed by atoms with Gasteiger partial charge in [-0.05, 0) is 43.0 Å². The molecular weight excluding hydrogens is 174 g/mol. The Labute approximate surface area is 84.5 Å². The van der Waals surface area contributed by atoms with Crippen LogP contribution >= 0.6 is 0 Å². The van der Waals surface area contributed by atoms with Crippen LogP contribution < -0.4 is 4.90 Å². The Hall–Kier alpha value is -1.31. The van der Waals surface area contributed by atoms with Gasteiger partial charge in [0.15, 0.2) is 0 Å².